The Morgan fingerprint density at radius 2 is 2.30 bits per heavy atom. The van der Waals surface area contributed by atoms with Crippen molar-refractivity contribution in [3.63, 3.8) is 0 Å². The van der Waals surface area contributed by atoms with E-state index in [2.05, 4.69) is 10.0 Å². The molecule has 0 radical (unpaired) electrons. The van der Waals surface area contributed by atoms with Crippen molar-refractivity contribution in [2.45, 2.75) is 0 Å². The Morgan fingerprint density at radius 3 is 2.80 bits per heavy atom. The van der Waals surface area contributed by atoms with Gasteiger partial charge in [0.15, 0.2) is 0 Å². The fraction of sp³-hybridized carbons (Fsp3) is 1.00. The number of aliphatic hydroxyl groups excluding tert-OH is 1. The molecule has 0 saturated heterocycles. The van der Waals surface area contributed by atoms with E-state index in [9.17, 15) is 0 Å². The second-order valence-corrected chi connectivity index (χ2v) is 1.98. The molecule has 0 bridgehead atoms. The van der Waals surface area contributed by atoms with Gasteiger partial charge < -0.3 is 10.0 Å². The van der Waals surface area contributed by atoms with Crippen molar-refractivity contribution < 1.29 is 5.11 Å². The standard InChI is InChI=1S/C5H12N4O/c1-9(4-5-10)3-2-7-8-6/h10H,2-5H2,1H3. The molecule has 0 rings (SSSR count). The van der Waals surface area contributed by atoms with Gasteiger partial charge in [0.25, 0.3) is 0 Å². The number of nitrogens with zero attached hydrogens (tertiary/aromatic N) is 4. The van der Waals surface area contributed by atoms with Crippen LogP contribution in [-0.4, -0.2) is 43.3 Å². The minimum absolute atomic E-state index is 0.146. The third kappa shape index (κ3) is 5.37. The van der Waals surface area contributed by atoms with Gasteiger partial charge in [-0.05, 0) is 12.6 Å². The zero-order valence-electron chi connectivity index (χ0n) is 6.06. The van der Waals surface area contributed by atoms with E-state index in [1.807, 2.05) is 11.9 Å². The van der Waals surface area contributed by atoms with E-state index in [-0.39, 0.29) is 6.61 Å². The van der Waals surface area contributed by atoms with E-state index in [1.165, 1.54) is 0 Å². The quantitative estimate of drug-likeness (QED) is 0.340. The van der Waals surface area contributed by atoms with Crippen LogP contribution in [0.4, 0.5) is 0 Å². The van der Waals surface area contributed by atoms with Crippen LogP contribution < -0.4 is 0 Å². The lowest BCUT2D eigenvalue weighted by molar-refractivity contribution is 0.224. The van der Waals surface area contributed by atoms with E-state index < -0.39 is 0 Å². The van der Waals surface area contributed by atoms with Gasteiger partial charge in [0.1, 0.15) is 0 Å². The molecule has 0 aliphatic rings. The van der Waals surface area contributed by atoms with Crippen molar-refractivity contribution in [3.8, 4) is 0 Å². The molecule has 5 heteroatoms. The molecule has 1 N–H and O–H groups in total. The van der Waals surface area contributed by atoms with Gasteiger partial charge in [0.2, 0.25) is 0 Å². The summed E-state index contributed by atoms with van der Waals surface area (Å²) in [5, 5.41) is 11.8. The predicted molar refractivity (Wildman–Crippen MR) is 38.6 cm³/mol. The topological polar surface area (TPSA) is 72.2 Å². The molecule has 0 aromatic rings. The zero-order valence-corrected chi connectivity index (χ0v) is 6.06. The number of hydrogen-bond acceptors (Lipinski definition) is 3. The molecule has 58 valence electrons. The lowest BCUT2D eigenvalue weighted by Crippen LogP contribution is -2.24. The molecule has 0 atom stereocenters. The molecule has 0 saturated carbocycles. The maximum Gasteiger partial charge on any atom is 0.0558 e. The summed E-state index contributed by atoms with van der Waals surface area (Å²) >= 11 is 0. The molecule has 5 nitrogen and oxygen atoms in total. The van der Waals surface area contributed by atoms with Gasteiger partial charge in [-0.2, -0.15) is 0 Å². The first-order chi connectivity index (χ1) is 4.81. The highest BCUT2D eigenvalue weighted by molar-refractivity contribution is 4.53. The maximum absolute atomic E-state index is 8.45. The van der Waals surface area contributed by atoms with Gasteiger partial charge in [-0.25, -0.2) is 0 Å². The lowest BCUT2D eigenvalue weighted by atomic mass is 10.5. The van der Waals surface area contributed by atoms with Crippen molar-refractivity contribution in [1.82, 2.24) is 4.90 Å². The number of hydrogen-bond donors (Lipinski definition) is 1. The average Bonchev–Trinajstić information content (AvgIpc) is 1.89. The first-order valence-corrected chi connectivity index (χ1v) is 3.11. The van der Waals surface area contributed by atoms with Gasteiger partial charge in [-0.15, -0.1) is 0 Å². The molecular weight excluding hydrogens is 132 g/mol. The number of rotatable bonds is 5. The normalized spacial score (nSPS) is 9.50. The molecule has 0 fully saturated rings. The maximum atomic E-state index is 8.45. The van der Waals surface area contributed by atoms with Crippen LogP contribution in [0.1, 0.15) is 0 Å². The molecule has 0 aromatic heterocycles. The van der Waals surface area contributed by atoms with Crippen molar-refractivity contribution in [2.75, 3.05) is 33.3 Å². The summed E-state index contributed by atoms with van der Waals surface area (Å²) in [6, 6.07) is 0. The average molecular weight is 144 g/mol. The van der Waals surface area contributed by atoms with E-state index in [0.29, 0.717) is 19.6 Å². The van der Waals surface area contributed by atoms with Crippen LogP contribution in [0.15, 0.2) is 5.11 Å². The van der Waals surface area contributed by atoms with Gasteiger partial charge in [0.05, 0.1) is 6.61 Å². The van der Waals surface area contributed by atoms with E-state index in [0.717, 1.165) is 0 Å². The SMILES string of the molecule is CN(CCO)CCN=[N+]=[N-]. The first kappa shape index (κ1) is 9.23. The molecule has 0 spiro atoms. The van der Waals surface area contributed by atoms with Crippen LogP contribution in [0.3, 0.4) is 0 Å². The van der Waals surface area contributed by atoms with Crippen molar-refractivity contribution in [1.29, 1.82) is 0 Å². The van der Waals surface area contributed by atoms with Gasteiger partial charge >= 0.3 is 0 Å². The molecule has 0 aliphatic heterocycles. The molecule has 0 heterocycles. The monoisotopic (exact) mass is 144 g/mol. The highest BCUT2D eigenvalue weighted by atomic mass is 16.3. The van der Waals surface area contributed by atoms with Crippen molar-refractivity contribution in [3.05, 3.63) is 10.4 Å². The molecule has 0 aliphatic carbocycles. The van der Waals surface area contributed by atoms with Crippen molar-refractivity contribution >= 4 is 0 Å². The smallest absolute Gasteiger partial charge is 0.0558 e. The lowest BCUT2D eigenvalue weighted by Gasteiger charge is -2.11. The molecule has 0 aromatic carbocycles. The van der Waals surface area contributed by atoms with Crippen LogP contribution in [0.25, 0.3) is 10.4 Å². The summed E-state index contributed by atoms with van der Waals surface area (Å²) in [4.78, 5) is 4.50. The molecule has 0 unspecified atom stereocenters. The summed E-state index contributed by atoms with van der Waals surface area (Å²) in [7, 11) is 1.86. The third-order valence-electron chi connectivity index (χ3n) is 1.13. The van der Waals surface area contributed by atoms with Gasteiger partial charge in [0, 0.05) is 24.5 Å². The molecule has 0 amide bonds. The Labute approximate surface area is 59.9 Å². The summed E-state index contributed by atoms with van der Waals surface area (Å²) in [5.74, 6) is 0. The Hall–Kier alpha value is -0.770. The minimum Gasteiger partial charge on any atom is -0.395 e. The summed E-state index contributed by atoms with van der Waals surface area (Å²) in [6.07, 6.45) is 0. The van der Waals surface area contributed by atoms with Crippen LogP contribution in [0, 0.1) is 0 Å². The highest BCUT2D eigenvalue weighted by Crippen LogP contribution is 1.80. The minimum atomic E-state index is 0.146. The number of azide groups is 1. The first-order valence-electron chi connectivity index (χ1n) is 3.11. The number of likely N-dealkylation sites (N-methyl/N-ethyl adjacent to an activating group) is 1. The van der Waals surface area contributed by atoms with E-state index in [1.54, 1.807) is 0 Å². The zero-order chi connectivity index (χ0) is 7.82. The van der Waals surface area contributed by atoms with Gasteiger partial charge in [-0.1, -0.05) is 5.11 Å². The summed E-state index contributed by atoms with van der Waals surface area (Å²) < 4.78 is 0. The summed E-state index contributed by atoms with van der Waals surface area (Å²) in [6.45, 7) is 1.94. The fourth-order valence-corrected chi connectivity index (χ4v) is 0.543. The Kier molecular flexibility index (Phi) is 5.86. The van der Waals surface area contributed by atoms with Crippen LogP contribution in [0.5, 0.6) is 0 Å². The fourth-order valence-electron chi connectivity index (χ4n) is 0.543. The van der Waals surface area contributed by atoms with Crippen LogP contribution in [0.2, 0.25) is 0 Å². The largest absolute Gasteiger partial charge is 0.395 e. The van der Waals surface area contributed by atoms with E-state index in [4.69, 9.17) is 10.6 Å². The van der Waals surface area contributed by atoms with Gasteiger partial charge in [-0.3, -0.25) is 0 Å². The molecule has 10 heavy (non-hydrogen) atoms. The second kappa shape index (κ2) is 6.35. The van der Waals surface area contributed by atoms with E-state index >= 15 is 0 Å². The second-order valence-electron chi connectivity index (χ2n) is 1.98. The molecular formula is C5H12N4O. The Bertz CT molecular complexity index is 121. The Morgan fingerprint density at radius 1 is 1.60 bits per heavy atom. The van der Waals surface area contributed by atoms with Crippen LogP contribution in [-0.2, 0) is 0 Å². The third-order valence-corrected chi connectivity index (χ3v) is 1.13. The number of aliphatic hydroxyl groups is 1. The highest BCUT2D eigenvalue weighted by Gasteiger charge is 1.92. The predicted octanol–water partition coefficient (Wildman–Crippen LogP) is 0.221. The summed E-state index contributed by atoms with van der Waals surface area (Å²) in [5.41, 5.74) is 7.90. The Balaban J connectivity index is 3.20. The van der Waals surface area contributed by atoms with Crippen molar-refractivity contribution in [2.24, 2.45) is 5.11 Å². The van der Waals surface area contributed by atoms with Crippen LogP contribution >= 0.6 is 0 Å².